The predicted octanol–water partition coefficient (Wildman–Crippen LogP) is 4.22. The van der Waals surface area contributed by atoms with Crippen LogP contribution < -0.4 is 9.64 Å². The molecule has 0 saturated heterocycles. The Balaban J connectivity index is 2.07. The molecule has 3 rings (SSSR count). The second kappa shape index (κ2) is 4.61. The number of nitrogens with zero attached hydrogens (tertiary/aromatic N) is 1. The molecule has 0 radical (unpaired) electrons. The van der Waals surface area contributed by atoms with Gasteiger partial charge in [-0.25, -0.2) is 0 Å². The van der Waals surface area contributed by atoms with Crippen molar-refractivity contribution in [2.75, 3.05) is 11.4 Å². The topological polar surface area (TPSA) is 12.5 Å². The fourth-order valence-corrected chi connectivity index (χ4v) is 2.53. The van der Waals surface area contributed by atoms with Gasteiger partial charge >= 0.3 is 0 Å². The number of ether oxygens (including phenoxy) is 1. The number of para-hydroxylation sites is 2. The Morgan fingerprint density at radius 2 is 1.84 bits per heavy atom. The lowest BCUT2D eigenvalue weighted by Crippen LogP contribution is -2.35. The number of rotatable bonds is 1. The molecule has 0 saturated carbocycles. The lowest BCUT2D eigenvalue weighted by atomic mass is 10.1. The zero-order valence-electron chi connectivity index (χ0n) is 11.7. The van der Waals surface area contributed by atoms with Crippen LogP contribution in [0.4, 0.5) is 11.4 Å². The van der Waals surface area contributed by atoms with Gasteiger partial charge in [0.15, 0.2) is 0 Å². The molecule has 98 valence electrons. The Hall–Kier alpha value is -1.96. The van der Waals surface area contributed by atoms with Gasteiger partial charge in [0.25, 0.3) is 0 Å². The van der Waals surface area contributed by atoms with Crippen LogP contribution in [0.3, 0.4) is 0 Å². The lowest BCUT2D eigenvalue weighted by molar-refractivity contribution is 0.218. The van der Waals surface area contributed by atoms with Crippen LogP contribution >= 0.6 is 0 Å². The van der Waals surface area contributed by atoms with Crippen molar-refractivity contribution in [3.05, 3.63) is 53.6 Å². The van der Waals surface area contributed by atoms with Crippen LogP contribution in [0.5, 0.6) is 5.75 Å². The summed E-state index contributed by atoms with van der Waals surface area (Å²) in [6.45, 7) is 7.31. The van der Waals surface area contributed by atoms with E-state index in [-0.39, 0.29) is 6.10 Å². The summed E-state index contributed by atoms with van der Waals surface area (Å²) in [5, 5.41) is 0. The predicted molar refractivity (Wildman–Crippen MR) is 79.5 cm³/mol. The van der Waals surface area contributed by atoms with Crippen molar-refractivity contribution in [1.29, 1.82) is 0 Å². The van der Waals surface area contributed by atoms with E-state index in [0.717, 1.165) is 18.0 Å². The second-order valence-electron chi connectivity index (χ2n) is 5.28. The molecule has 0 amide bonds. The quantitative estimate of drug-likeness (QED) is 0.754. The van der Waals surface area contributed by atoms with Crippen molar-refractivity contribution >= 4 is 11.4 Å². The van der Waals surface area contributed by atoms with Crippen LogP contribution in [-0.4, -0.2) is 12.6 Å². The largest absolute Gasteiger partial charge is 0.487 e. The second-order valence-corrected chi connectivity index (χ2v) is 5.28. The molecule has 1 aliphatic heterocycles. The summed E-state index contributed by atoms with van der Waals surface area (Å²) in [7, 11) is 0. The van der Waals surface area contributed by atoms with Gasteiger partial charge in [-0.05, 0) is 56.2 Å². The molecule has 1 atom stereocenters. The lowest BCUT2D eigenvalue weighted by Gasteiger charge is -2.35. The monoisotopic (exact) mass is 253 g/mol. The maximum atomic E-state index is 5.90. The van der Waals surface area contributed by atoms with Crippen LogP contribution in [0.2, 0.25) is 0 Å². The average Bonchev–Trinajstić information content (AvgIpc) is 2.41. The van der Waals surface area contributed by atoms with E-state index in [1.807, 2.05) is 12.1 Å². The molecular weight excluding hydrogens is 234 g/mol. The van der Waals surface area contributed by atoms with E-state index in [9.17, 15) is 0 Å². The Morgan fingerprint density at radius 1 is 1.05 bits per heavy atom. The van der Waals surface area contributed by atoms with Crippen LogP contribution in [0.25, 0.3) is 0 Å². The molecule has 1 unspecified atom stereocenters. The number of anilines is 2. The third kappa shape index (κ3) is 2.19. The molecule has 1 aliphatic rings. The summed E-state index contributed by atoms with van der Waals surface area (Å²) in [6.07, 6.45) is 0.205. The molecule has 0 fully saturated rings. The van der Waals surface area contributed by atoms with E-state index in [2.05, 4.69) is 56.0 Å². The van der Waals surface area contributed by atoms with Gasteiger partial charge in [0, 0.05) is 5.69 Å². The normalized spacial score (nSPS) is 17.8. The molecule has 0 N–H and O–H groups in total. The van der Waals surface area contributed by atoms with Gasteiger partial charge in [0.05, 0.1) is 12.2 Å². The first-order valence-corrected chi connectivity index (χ1v) is 6.75. The number of hydrogen-bond acceptors (Lipinski definition) is 2. The van der Waals surface area contributed by atoms with Crippen molar-refractivity contribution in [2.24, 2.45) is 0 Å². The van der Waals surface area contributed by atoms with Crippen molar-refractivity contribution in [3.8, 4) is 5.75 Å². The van der Waals surface area contributed by atoms with E-state index in [0.29, 0.717) is 0 Å². The van der Waals surface area contributed by atoms with Gasteiger partial charge in [-0.15, -0.1) is 0 Å². The number of fused-ring (bicyclic) bond motifs is 1. The van der Waals surface area contributed by atoms with Crippen LogP contribution in [0, 0.1) is 13.8 Å². The van der Waals surface area contributed by atoms with E-state index in [1.54, 1.807) is 0 Å². The molecule has 0 spiro atoms. The van der Waals surface area contributed by atoms with Gasteiger partial charge in [0.2, 0.25) is 0 Å². The maximum absolute atomic E-state index is 5.90. The fourth-order valence-electron chi connectivity index (χ4n) is 2.53. The smallest absolute Gasteiger partial charge is 0.143 e. The number of benzene rings is 2. The minimum absolute atomic E-state index is 0.205. The molecule has 0 aromatic heterocycles. The molecule has 0 aliphatic carbocycles. The summed E-state index contributed by atoms with van der Waals surface area (Å²) < 4.78 is 5.90. The van der Waals surface area contributed by atoms with Gasteiger partial charge in [-0.1, -0.05) is 18.2 Å². The number of hydrogen-bond donors (Lipinski definition) is 0. The summed E-state index contributed by atoms with van der Waals surface area (Å²) in [5.41, 5.74) is 5.06. The standard InChI is InChI=1S/C17H19NO/c1-12-8-9-15(10-13(12)2)18-11-14(3)19-17-7-5-4-6-16(17)18/h4-10,14H,11H2,1-3H3. The molecule has 0 bridgehead atoms. The van der Waals surface area contributed by atoms with Crippen LogP contribution in [0.15, 0.2) is 42.5 Å². The minimum Gasteiger partial charge on any atom is -0.487 e. The Morgan fingerprint density at radius 3 is 2.63 bits per heavy atom. The minimum atomic E-state index is 0.205. The van der Waals surface area contributed by atoms with Crippen molar-refractivity contribution in [2.45, 2.75) is 26.9 Å². The molecule has 1 heterocycles. The third-order valence-corrected chi connectivity index (χ3v) is 3.73. The zero-order valence-corrected chi connectivity index (χ0v) is 11.7. The van der Waals surface area contributed by atoms with Gasteiger partial charge < -0.3 is 9.64 Å². The summed E-state index contributed by atoms with van der Waals surface area (Å²) in [5.74, 6) is 0.972. The van der Waals surface area contributed by atoms with Gasteiger partial charge in [0.1, 0.15) is 11.9 Å². The highest BCUT2D eigenvalue weighted by atomic mass is 16.5. The molecule has 2 aromatic carbocycles. The highest BCUT2D eigenvalue weighted by molar-refractivity contribution is 5.71. The van der Waals surface area contributed by atoms with E-state index >= 15 is 0 Å². The van der Waals surface area contributed by atoms with E-state index in [4.69, 9.17) is 4.74 Å². The molecule has 2 nitrogen and oxygen atoms in total. The SMILES string of the molecule is Cc1ccc(N2CC(C)Oc3ccccc32)cc1C. The maximum Gasteiger partial charge on any atom is 0.143 e. The average molecular weight is 253 g/mol. The molecule has 2 heteroatoms. The van der Waals surface area contributed by atoms with Crippen LogP contribution in [-0.2, 0) is 0 Å². The first-order chi connectivity index (χ1) is 9.15. The van der Waals surface area contributed by atoms with Crippen molar-refractivity contribution in [1.82, 2.24) is 0 Å². The Kier molecular flexibility index (Phi) is 2.94. The van der Waals surface area contributed by atoms with Gasteiger partial charge in [-0.3, -0.25) is 0 Å². The molecule has 2 aromatic rings. The Labute approximate surface area is 114 Å². The van der Waals surface area contributed by atoms with Crippen LogP contribution in [0.1, 0.15) is 18.1 Å². The van der Waals surface area contributed by atoms with Crippen molar-refractivity contribution in [3.63, 3.8) is 0 Å². The first-order valence-electron chi connectivity index (χ1n) is 6.75. The van der Waals surface area contributed by atoms with Crippen molar-refractivity contribution < 1.29 is 4.74 Å². The van der Waals surface area contributed by atoms with Gasteiger partial charge in [-0.2, -0.15) is 0 Å². The zero-order chi connectivity index (χ0) is 13.4. The summed E-state index contributed by atoms with van der Waals surface area (Å²) in [6, 6.07) is 14.9. The summed E-state index contributed by atoms with van der Waals surface area (Å²) >= 11 is 0. The third-order valence-electron chi connectivity index (χ3n) is 3.73. The highest BCUT2D eigenvalue weighted by Crippen LogP contribution is 2.38. The highest BCUT2D eigenvalue weighted by Gasteiger charge is 2.23. The molecule has 19 heavy (non-hydrogen) atoms. The first kappa shape index (κ1) is 12.1. The summed E-state index contributed by atoms with van der Waals surface area (Å²) in [4.78, 5) is 2.34. The Bertz CT molecular complexity index is 606. The number of aryl methyl sites for hydroxylation is 2. The fraction of sp³-hybridized carbons (Fsp3) is 0.294. The van der Waals surface area contributed by atoms with E-state index in [1.165, 1.54) is 16.8 Å². The van der Waals surface area contributed by atoms with E-state index < -0.39 is 0 Å². The molecular formula is C17H19NO.